The second kappa shape index (κ2) is 6.23. The van der Waals surface area contributed by atoms with Crippen LogP contribution >= 0.6 is 11.6 Å². The predicted octanol–water partition coefficient (Wildman–Crippen LogP) is 2.09. The molecule has 9 heteroatoms. The van der Waals surface area contributed by atoms with E-state index >= 15 is 0 Å². The molecular weight excluding hydrogens is 300 g/mol. The number of carbonyl (C=O) groups excluding carboxylic acids is 1. The summed E-state index contributed by atoms with van der Waals surface area (Å²) in [5.74, 6) is -0.240. The molecule has 0 aliphatic rings. The molecule has 0 aliphatic heterocycles. The van der Waals surface area contributed by atoms with Gasteiger partial charge in [-0.25, -0.2) is 0 Å². The number of anilines is 1. The highest BCUT2D eigenvalue weighted by Gasteiger charge is 2.13. The number of benzene rings is 1. The fourth-order valence-electron chi connectivity index (χ4n) is 1.66. The molecule has 0 fully saturated rings. The van der Waals surface area contributed by atoms with E-state index in [0.29, 0.717) is 16.5 Å². The standard InChI is InChI=1S/C12H11ClN4O4/c1-21-10-3-2-8(13)4-9(10)15-12(18)6-16-5-11(14-7-16)17(19)20/h2-5,7H,6H2,1H3,(H,15,18). The summed E-state index contributed by atoms with van der Waals surface area (Å²) in [7, 11) is 1.47. The topological polar surface area (TPSA) is 99.3 Å². The predicted molar refractivity (Wildman–Crippen MR) is 75.5 cm³/mol. The van der Waals surface area contributed by atoms with E-state index in [1.807, 2.05) is 0 Å². The number of nitro groups is 1. The molecule has 0 saturated carbocycles. The monoisotopic (exact) mass is 310 g/mol. The van der Waals surface area contributed by atoms with Crippen LogP contribution in [-0.2, 0) is 11.3 Å². The third-order valence-electron chi connectivity index (χ3n) is 2.57. The van der Waals surface area contributed by atoms with E-state index in [1.165, 1.54) is 24.2 Å². The number of hydrogen-bond donors (Lipinski definition) is 1. The molecule has 21 heavy (non-hydrogen) atoms. The Morgan fingerprint density at radius 3 is 2.95 bits per heavy atom. The van der Waals surface area contributed by atoms with E-state index in [4.69, 9.17) is 16.3 Å². The zero-order valence-corrected chi connectivity index (χ0v) is 11.7. The van der Waals surface area contributed by atoms with Crippen LogP contribution in [0.3, 0.4) is 0 Å². The molecule has 0 aliphatic carbocycles. The van der Waals surface area contributed by atoms with Gasteiger partial charge in [0.2, 0.25) is 12.2 Å². The Hall–Kier alpha value is -2.61. The summed E-state index contributed by atoms with van der Waals surface area (Å²) in [6.45, 7) is -0.115. The van der Waals surface area contributed by atoms with Gasteiger partial charge in [-0.3, -0.25) is 4.79 Å². The van der Waals surface area contributed by atoms with Gasteiger partial charge in [-0.15, -0.1) is 0 Å². The van der Waals surface area contributed by atoms with Crippen LogP contribution in [0.2, 0.25) is 5.02 Å². The van der Waals surface area contributed by atoms with Gasteiger partial charge < -0.3 is 24.7 Å². The second-order valence-corrected chi connectivity index (χ2v) is 4.49. The Labute approximate surface area is 124 Å². The lowest BCUT2D eigenvalue weighted by Gasteiger charge is -2.10. The highest BCUT2D eigenvalue weighted by atomic mass is 35.5. The molecule has 8 nitrogen and oxygen atoms in total. The smallest absolute Gasteiger partial charge is 0.381 e. The zero-order valence-electron chi connectivity index (χ0n) is 10.9. The number of amides is 1. The van der Waals surface area contributed by atoms with Crippen molar-refractivity contribution < 1.29 is 14.5 Å². The number of imidazole rings is 1. The third kappa shape index (κ3) is 3.69. The number of aromatic nitrogens is 2. The molecule has 0 saturated heterocycles. The van der Waals surface area contributed by atoms with Crippen LogP contribution in [0, 0.1) is 10.1 Å². The SMILES string of the molecule is COc1ccc(Cl)cc1NC(=O)Cn1cnc([N+](=O)[O-])c1. The lowest BCUT2D eigenvalue weighted by molar-refractivity contribution is -0.389. The molecule has 1 aromatic carbocycles. The summed E-state index contributed by atoms with van der Waals surface area (Å²) in [6.07, 6.45) is 2.39. The second-order valence-electron chi connectivity index (χ2n) is 4.05. The number of hydrogen-bond acceptors (Lipinski definition) is 5. The molecule has 0 radical (unpaired) electrons. The highest BCUT2D eigenvalue weighted by Crippen LogP contribution is 2.27. The highest BCUT2D eigenvalue weighted by molar-refractivity contribution is 6.31. The molecule has 1 N–H and O–H groups in total. The van der Waals surface area contributed by atoms with Crippen LogP contribution in [0.15, 0.2) is 30.7 Å². The van der Waals surface area contributed by atoms with Crippen LogP contribution in [-0.4, -0.2) is 27.5 Å². The minimum atomic E-state index is -0.631. The van der Waals surface area contributed by atoms with Crippen molar-refractivity contribution >= 4 is 29.0 Å². The Morgan fingerprint density at radius 1 is 1.57 bits per heavy atom. The van der Waals surface area contributed by atoms with Crippen LogP contribution < -0.4 is 10.1 Å². The number of carbonyl (C=O) groups is 1. The van der Waals surface area contributed by atoms with Gasteiger partial charge in [0.15, 0.2) is 0 Å². The molecule has 1 heterocycles. The van der Waals surface area contributed by atoms with Gasteiger partial charge in [-0.05, 0) is 28.1 Å². The third-order valence-corrected chi connectivity index (χ3v) is 2.80. The first-order chi connectivity index (χ1) is 9.99. The first kappa shape index (κ1) is 14.8. The molecule has 1 aromatic heterocycles. The average Bonchev–Trinajstić information content (AvgIpc) is 2.87. The Bertz CT molecular complexity index is 686. The molecular formula is C12H11ClN4O4. The van der Waals surface area contributed by atoms with Crippen molar-refractivity contribution in [2.75, 3.05) is 12.4 Å². The Morgan fingerprint density at radius 2 is 2.33 bits per heavy atom. The maximum atomic E-state index is 11.9. The van der Waals surface area contributed by atoms with E-state index in [9.17, 15) is 14.9 Å². The van der Waals surface area contributed by atoms with E-state index in [2.05, 4.69) is 10.3 Å². The van der Waals surface area contributed by atoms with Gasteiger partial charge in [0, 0.05) is 5.02 Å². The van der Waals surface area contributed by atoms with E-state index < -0.39 is 4.92 Å². The first-order valence-electron chi connectivity index (χ1n) is 5.79. The summed E-state index contributed by atoms with van der Waals surface area (Å²) in [6, 6.07) is 4.81. The lowest BCUT2D eigenvalue weighted by Crippen LogP contribution is -2.18. The van der Waals surface area contributed by atoms with E-state index in [-0.39, 0.29) is 18.3 Å². The summed E-state index contributed by atoms with van der Waals surface area (Å²) in [5, 5.41) is 13.6. The van der Waals surface area contributed by atoms with Crippen LogP contribution in [0.25, 0.3) is 0 Å². The lowest BCUT2D eigenvalue weighted by atomic mass is 10.3. The van der Waals surface area contributed by atoms with Crippen molar-refractivity contribution in [3.8, 4) is 5.75 Å². The molecule has 1 amide bonds. The van der Waals surface area contributed by atoms with Gasteiger partial charge in [0.25, 0.3) is 0 Å². The van der Waals surface area contributed by atoms with Crippen LogP contribution in [0.5, 0.6) is 5.75 Å². The molecule has 2 rings (SSSR count). The maximum absolute atomic E-state index is 11.9. The van der Waals surface area contributed by atoms with Gasteiger partial charge in [-0.1, -0.05) is 11.6 Å². The number of nitrogens with zero attached hydrogens (tertiary/aromatic N) is 3. The Kier molecular flexibility index (Phi) is 4.39. The van der Waals surface area contributed by atoms with Crippen molar-refractivity contribution in [1.82, 2.24) is 9.55 Å². The fraction of sp³-hybridized carbons (Fsp3) is 0.167. The summed E-state index contributed by atoms with van der Waals surface area (Å²) < 4.78 is 6.42. The van der Waals surface area contributed by atoms with Crippen molar-refractivity contribution in [2.24, 2.45) is 0 Å². The average molecular weight is 311 g/mol. The molecule has 0 atom stereocenters. The molecule has 0 unspecified atom stereocenters. The summed E-state index contributed by atoms with van der Waals surface area (Å²) in [5.41, 5.74) is 0.421. The number of halogens is 1. The van der Waals surface area contributed by atoms with Crippen molar-refractivity contribution in [2.45, 2.75) is 6.54 Å². The van der Waals surface area contributed by atoms with E-state index in [0.717, 1.165) is 0 Å². The Balaban J connectivity index is 2.07. The zero-order chi connectivity index (χ0) is 15.4. The number of ether oxygens (including phenoxy) is 1. The minimum Gasteiger partial charge on any atom is -0.495 e. The maximum Gasteiger partial charge on any atom is 0.381 e. The van der Waals surface area contributed by atoms with E-state index in [1.54, 1.807) is 18.2 Å². The normalized spacial score (nSPS) is 10.2. The molecule has 2 aromatic rings. The van der Waals surface area contributed by atoms with Gasteiger partial charge in [0.05, 0.1) is 12.8 Å². The van der Waals surface area contributed by atoms with Crippen molar-refractivity contribution in [1.29, 1.82) is 0 Å². The number of rotatable bonds is 5. The largest absolute Gasteiger partial charge is 0.495 e. The summed E-state index contributed by atoms with van der Waals surface area (Å²) in [4.78, 5) is 25.4. The van der Waals surface area contributed by atoms with Gasteiger partial charge in [-0.2, -0.15) is 0 Å². The van der Waals surface area contributed by atoms with Crippen molar-refractivity contribution in [3.63, 3.8) is 0 Å². The summed E-state index contributed by atoms with van der Waals surface area (Å²) >= 11 is 5.86. The molecule has 0 spiro atoms. The van der Waals surface area contributed by atoms with Gasteiger partial charge >= 0.3 is 5.82 Å². The quantitative estimate of drug-likeness (QED) is 0.673. The first-order valence-corrected chi connectivity index (χ1v) is 6.17. The van der Waals surface area contributed by atoms with Gasteiger partial charge in [0.1, 0.15) is 18.5 Å². The fourth-order valence-corrected chi connectivity index (χ4v) is 1.83. The van der Waals surface area contributed by atoms with Crippen LogP contribution in [0.1, 0.15) is 0 Å². The molecule has 110 valence electrons. The number of nitrogens with one attached hydrogen (secondary N) is 1. The molecule has 0 bridgehead atoms. The van der Waals surface area contributed by atoms with Crippen molar-refractivity contribution in [3.05, 3.63) is 45.9 Å². The minimum absolute atomic E-state index is 0.115. The van der Waals surface area contributed by atoms with Crippen LogP contribution in [0.4, 0.5) is 11.5 Å². The number of methoxy groups -OCH3 is 1.